The molecule has 1 heterocycles. The number of hydrogen-bond acceptors (Lipinski definition) is 3. The van der Waals surface area contributed by atoms with Crippen molar-refractivity contribution >= 4 is 5.82 Å². The van der Waals surface area contributed by atoms with Crippen LogP contribution in [0.25, 0.3) is 0 Å². The van der Waals surface area contributed by atoms with Gasteiger partial charge in [0.2, 0.25) is 0 Å². The van der Waals surface area contributed by atoms with Crippen LogP contribution in [0.15, 0.2) is 18.3 Å². The average Bonchev–Trinajstić information content (AvgIpc) is 2.38. The van der Waals surface area contributed by atoms with E-state index >= 15 is 0 Å². The number of nitrogens with two attached hydrogens (primary N) is 1. The molecule has 4 heteroatoms. The van der Waals surface area contributed by atoms with E-state index in [4.69, 9.17) is 5.73 Å². The van der Waals surface area contributed by atoms with Gasteiger partial charge in [-0.25, -0.2) is 9.37 Å². The summed E-state index contributed by atoms with van der Waals surface area (Å²) in [6, 6.07) is 3.49. The van der Waals surface area contributed by atoms with E-state index < -0.39 is 0 Å². The monoisotopic (exact) mass is 237 g/mol. The highest BCUT2D eigenvalue weighted by Crippen LogP contribution is 2.27. The summed E-state index contributed by atoms with van der Waals surface area (Å²) in [7, 11) is 0. The first kappa shape index (κ1) is 12.3. The molecule has 0 radical (unpaired) electrons. The Morgan fingerprint density at radius 1 is 1.35 bits per heavy atom. The summed E-state index contributed by atoms with van der Waals surface area (Å²) in [6.07, 6.45) is 7.62. The molecule has 2 N–H and O–H groups in total. The maximum absolute atomic E-state index is 13.8. The van der Waals surface area contributed by atoms with Crippen LogP contribution in [0.5, 0.6) is 0 Å². The van der Waals surface area contributed by atoms with Gasteiger partial charge in [-0.05, 0) is 25.0 Å². The molecule has 0 saturated heterocycles. The van der Waals surface area contributed by atoms with Gasteiger partial charge in [0.15, 0.2) is 11.6 Å². The van der Waals surface area contributed by atoms with E-state index in [0.717, 1.165) is 12.8 Å². The highest BCUT2D eigenvalue weighted by Gasteiger charge is 2.23. The molecule has 1 aromatic rings. The van der Waals surface area contributed by atoms with Crippen molar-refractivity contribution in [2.24, 2.45) is 5.73 Å². The Bertz CT molecular complexity index is 350. The normalized spacial score (nSPS) is 17.1. The van der Waals surface area contributed by atoms with Crippen LogP contribution >= 0.6 is 0 Å². The van der Waals surface area contributed by atoms with E-state index in [2.05, 4.69) is 9.88 Å². The van der Waals surface area contributed by atoms with Crippen LogP contribution in [0.1, 0.15) is 32.1 Å². The van der Waals surface area contributed by atoms with Crippen molar-refractivity contribution in [1.29, 1.82) is 0 Å². The van der Waals surface area contributed by atoms with Gasteiger partial charge in [-0.1, -0.05) is 19.3 Å². The topological polar surface area (TPSA) is 42.1 Å². The summed E-state index contributed by atoms with van der Waals surface area (Å²) in [6.45, 7) is 1.21. The number of aromatic nitrogens is 1. The van der Waals surface area contributed by atoms with Gasteiger partial charge in [-0.3, -0.25) is 0 Å². The molecule has 0 unspecified atom stereocenters. The lowest BCUT2D eigenvalue weighted by molar-refractivity contribution is 0.410. The predicted molar refractivity (Wildman–Crippen MR) is 67.5 cm³/mol. The Morgan fingerprint density at radius 3 is 2.76 bits per heavy atom. The number of pyridine rings is 1. The minimum atomic E-state index is -0.244. The molecule has 0 spiro atoms. The highest BCUT2D eigenvalue weighted by molar-refractivity contribution is 5.41. The molecule has 94 valence electrons. The molecule has 1 aliphatic rings. The van der Waals surface area contributed by atoms with Crippen LogP contribution in [0.4, 0.5) is 10.2 Å². The fraction of sp³-hybridized carbons (Fsp3) is 0.615. The summed E-state index contributed by atoms with van der Waals surface area (Å²) < 4.78 is 13.8. The summed E-state index contributed by atoms with van der Waals surface area (Å²) in [5.41, 5.74) is 5.63. The zero-order chi connectivity index (χ0) is 12.1. The Hall–Kier alpha value is -1.16. The van der Waals surface area contributed by atoms with Crippen molar-refractivity contribution in [3.8, 4) is 0 Å². The number of hydrogen-bond donors (Lipinski definition) is 1. The van der Waals surface area contributed by atoms with Crippen LogP contribution < -0.4 is 10.6 Å². The smallest absolute Gasteiger partial charge is 0.165 e. The third-order valence-corrected chi connectivity index (χ3v) is 3.40. The molecule has 2 rings (SSSR count). The largest absolute Gasteiger partial charge is 0.350 e. The van der Waals surface area contributed by atoms with E-state index in [9.17, 15) is 4.39 Å². The summed E-state index contributed by atoms with van der Waals surface area (Å²) in [4.78, 5) is 6.22. The lowest BCUT2D eigenvalue weighted by Crippen LogP contribution is -2.41. The van der Waals surface area contributed by atoms with Gasteiger partial charge < -0.3 is 10.6 Å². The van der Waals surface area contributed by atoms with Gasteiger partial charge in [0.1, 0.15) is 0 Å². The van der Waals surface area contributed by atoms with Crippen LogP contribution in [-0.4, -0.2) is 24.1 Å². The molecule has 3 nitrogen and oxygen atoms in total. The van der Waals surface area contributed by atoms with E-state index in [0.29, 0.717) is 24.9 Å². The Kier molecular flexibility index (Phi) is 4.31. The second kappa shape index (κ2) is 5.96. The molecule has 1 saturated carbocycles. The molecule has 0 bridgehead atoms. The van der Waals surface area contributed by atoms with Crippen molar-refractivity contribution in [2.75, 3.05) is 18.0 Å². The molecule has 0 atom stereocenters. The van der Waals surface area contributed by atoms with Gasteiger partial charge in [0.05, 0.1) is 0 Å². The molecule has 0 aliphatic heterocycles. The third-order valence-electron chi connectivity index (χ3n) is 3.40. The van der Waals surface area contributed by atoms with Crippen molar-refractivity contribution in [3.05, 3.63) is 24.1 Å². The summed E-state index contributed by atoms with van der Waals surface area (Å²) in [5.74, 6) is 0.219. The Labute approximate surface area is 102 Å². The quantitative estimate of drug-likeness (QED) is 0.873. The number of rotatable bonds is 4. The van der Waals surface area contributed by atoms with E-state index in [1.54, 1.807) is 12.3 Å². The highest BCUT2D eigenvalue weighted by atomic mass is 19.1. The standard InChI is InChI=1S/C13H20FN3/c14-12-7-4-9-16-13(12)17(10-8-15)11-5-2-1-3-6-11/h4,7,9,11H,1-3,5-6,8,10,15H2. The first-order chi connectivity index (χ1) is 8.33. The summed E-state index contributed by atoms with van der Waals surface area (Å²) in [5, 5.41) is 0. The van der Waals surface area contributed by atoms with Crippen LogP contribution in [0, 0.1) is 5.82 Å². The molecule has 0 aromatic carbocycles. The van der Waals surface area contributed by atoms with E-state index in [1.165, 1.54) is 25.3 Å². The van der Waals surface area contributed by atoms with Gasteiger partial charge in [-0.15, -0.1) is 0 Å². The lowest BCUT2D eigenvalue weighted by Gasteiger charge is -2.35. The minimum Gasteiger partial charge on any atom is -0.350 e. The van der Waals surface area contributed by atoms with E-state index in [-0.39, 0.29) is 5.82 Å². The van der Waals surface area contributed by atoms with Crippen LogP contribution in [0.3, 0.4) is 0 Å². The van der Waals surface area contributed by atoms with Gasteiger partial charge in [0, 0.05) is 25.3 Å². The van der Waals surface area contributed by atoms with Gasteiger partial charge >= 0.3 is 0 Å². The average molecular weight is 237 g/mol. The molecule has 17 heavy (non-hydrogen) atoms. The molecular formula is C13H20FN3. The SMILES string of the molecule is NCCN(c1ncccc1F)C1CCCCC1. The maximum atomic E-state index is 13.8. The minimum absolute atomic E-state index is 0.244. The number of nitrogens with zero attached hydrogens (tertiary/aromatic N) is 2. The molecule has 1 aliphatic carbocycles. The fourth-order valence-electron chi connectivity index (χ4n) is 2.58. The molecular weight excluding hydrogens is 217 g/mol. The second-order valence-electron chi connectivity index (χ2n) is 4.58. The second-order valence-corrected chi connectivity index (χ2v) is 4.58. The van der Waals surface area contributed by atoms with Gasteiger partial charge in [-0.2, -0.15) is 0 Å². The lowest BCUT2D eigenvalue weighted by atomic mass is 9.94. The maximum Gasteiger partial charge on any atom is 0.165 e. The zero-order valence-electron chi connectivity index (χ0n) is 10.1. The van der Waals surface area contributed by atoms with E-state index in [1.807, 2.05) is 0 Å². The Balaban J connectivity index is 2.18. The van der Waals surface area contributed by atoms with Crippen molar-refractivity contribution in [3.63, 3.8) is 0 Å². The number of halogens is 1. The van der Waals surface area contributed by atoms with Crippen molar-refractivity contribution in [1.82, 2.24) is 4.98 Å². The zero-order valence-corrected chi connectivity index (χ0v) is 10.1. The van der Waals surface area contributed by atoms with Crippen LogP contribution in [-0.2, 0) is 0 Å². The first-order valence-electron chi connectivity index (χ1n) is 6.40. The molecule has 0 amide bonds. The van der Waals surface area contributed by atoms with Crippen LogP contribution in [0.2, 0.25) is 0 Å². The van der Waals surface area contributed by atoms with Crippen molar-refractivity contribution in [2.45, 2.75) is 38.1 Å². The van der Waals surface area contributed by atoms with Gasteiger partial charge in [0.25, 0.3) is 0 Å². The Morgan fingerprint density at radius 2 is 2.12 bits per heavy atom. The molecule has 1 aromatic heterocycles. The number of anilines is 1. The first-order valence-corrected chi connectivity index (χ1v) is 6.40. The predicted octanol–water partition coefficient (Wildman–Crippen LogP) is 2.32. The molecule has 1 fully saturated rings. The summed E-state index contributed by atoms with van der Waals surface area (Å²) >= 11 is 0. The fourth-order valence-corrected chi connectivity index (χ4v) is 2.58. The third kappa shape index (κ3) is 2.94. The van der Waals surface area contributed by atoms with Crippen molar-refractivity contribution < 1.29 is 4.39 Å².